The molecule has 0 radical (unpaired) electrons. The van der Waals surface area contributed by atoms with E-state index in [-0.39, 0.29) is 11.5 Å². The average molecular weight is 322 g/mol. The van der Waals surface area contributed by atoms with Gasteiger partial charge in [0.1, 0.15) is 11.5 Å². The van der Waals surface area contributed by atoms with Crippen molar-refractivity contribution in [1.29, 1.82) is 0 Å². The van der Waals surface area contributed by atoms with Gasteiger partial charge in [0, 0.05) is 23.6 Å². The molecule has 4 nitrogen and oxygen atoms in total. The Morgan fingerprint density at radius 3 is 1.42 bits per heavy atom. The van der Waals surface area contributed by atoms with Crippen molar-refractivity contribution in [2.75, 3.05) is 0 Å². The van der Waals surface area contributed by atoms with Crippen LogP contribution in [0.3, 0.4) is 0 Å². The third-order valence-electron chi connectivity index (χ3n) is 4.39. The van der Waals surface area contributed by atoms with Crippen molar-refractivity contribution in [2.45, 2.75) is 37.8 Å². The van der Waals surface area contributed by atoms with Crippen molar-refractivity contribution in [2.24, 2.45) is 9.98 Å². The number of nitrogens with zero attached hydrogens (tertiary/aromatic N) is 2. The SMILES string of the molecule is Oc1ccccc1C=NC1CCC(N=Cc2ccccc2O)CC1. The highest BCUT2D eigenvalue weighted by atomic mass is 16.3. The molecule has 1 aliphatic rings. The Balaban J connectivity index is 1.53. The fourth-order valence-corrected chi connectivity index (χ4v) is 2.92. The minimum absolute atomic E-state index is 0.266. The molecule has 1 fully saturated rings. The van der Waals surface area contributed by atoms with Crippen LogP contribution in [0.1, 0.15) is 36.8 Å². The van der Waals surface area contributed by atoms with Gasteiger partial charge in [-0.15, -0.1) is 0 Å². The lowest BCUT2D eigenvalue weighted by molar-refractivity contribution is 0.399. The number of aliphatic imine (C=N–C) groups is 2. The van der Waals surface area contributed by atoms with Gasteiger partial charge in [-0.05, 0) is 49.9 Å². The Morgan fingerprint density at radius 1 is 0.667 bits per heavy atom. The zero-order valence-electron chi connectivity index (χ0n) is 13.5. The molecule has 2 aromatic rings. The third kappa shape index (κ3) is 4.22. The second-order valence-corrected chi connectivity index (χ2v) is 6.14. The molecule has 1 saturated carbocycles. The summed E-state index contributed by atoms with van der Waals surface area (Å²) in [5.74, 6) is 0.532. The molecule has 24 heavy (non-hydrogen) atoms. The van der Waals surface area contributed by atoms with E-state index in [0.29, 0.717) is 12.1 Å². The van der Waals surface area contributed by atoms with Crippen LogP contribution in [-0.4, -0.2) is 34.7 Å². The van der Waals surface area contributed by atoms with E-state index in [2.05, 4.69) is 9.98 Å². The number of aromatic hydroxyl groups is 2. The molecule has 0 saturated heterocycles. The average Bonchev–Trinajstić information content (AvgIpc) is 2.61. The summed E-state index contributed by atoms with van der Waals surface area (Å²) in [4.78, 5) is 9.21. The van der Waals surface area contributed by atoms with Gasteiger partial charge in [0.25, 0.3) is 0 Å². The summed E-state index contributed by atoms with van der Waals surface area (Å²) >= 11 is 0. The minimum atomic E-state index is 0.266. The van der Waals surface area contributed by atoms with Crippen LogP contribution in [0.25, 0.3) is 0 Å². The first-order valence-electron chi connectivity index (χ1n) is 8.35. The molecule has 0 aliphatic heterocycles. The Kier molecular flexibility index (Phi) is 5.26. The Labute approximate surface area is 142 Å². The summed E-state index contributed by atoms with van der Waals surface area (Å²) in [6.07, 6.45) is 7.51. The number of hydrogen-bond donors (Lipinski definition) is 2. The van der Waals surface area contributed by atoms with E-state index in [1.54, 1.807) is 36.7 Å². The fourth-order valence-electron chi connectivity index (χ4n) is 2.92. The zero-order valence-corrected chi connectivity index (χ0v) is 13.5. The quantitative estimate of drug-likeness (QED) is 0.837. The van der Waals surface area contributed by atoms with Crippen LogP contribution in [0.15, 0.2) is 58.5 Å². The summed E-state index contributed by atoms with van der Waals surface area (Å²) < 4.78 is 0. The van der Waals surface area contributed by atoms with Gasteiger partial charge >= 0.3 is 0 Å². The van der Waals surface area contributed by atoms with E-state index < -0.39 is 0 Å². The van der Waals surface area contributed by atoms with Crippen LogP contribution >= 0.6 is 0 Å². The Morgan fingerprint density at radius 2 is 1.04 bits per heavy atom. The summed E-state index contributed by atoms with van der Waals surface area (Å²) in [6.45, 7) is 0. The molecule has 0 atom stereocenters. The molecule has 0 unspecified atom stereocenters. The Hall–Kier alpha value is -2.62. The number of benzene rings is 2. The van der Waals surface area contributed by atoms with Gasteiger partial charge in [0.05, 0.1) is 12.1 Å². The van der Waals surface area contributed by atoms with Gasteiger partial charge in [-0.2, -0.15) is 0 Å². The molecule has 0 heterocycles. The molecule has 3 rings (SSSR count). The van der Waals surface area contributed by atoms with Gasteiger partial charge in [-0.1, -0.05) is 24.3 Å². The summed E-state index contributed by atoms with van der Waals surface area (Å²) in [5.41, 5.74) is 1.52. The maximum absolute atomic E-state index is 9.75. The molecule has 1 aliphatic carbocycles. The first kappa shape index (κ1) is 16.2. The van der Waals surface area contributed by atoms with Crippen molar-refractivity contribution in [1.82, 2.24) is 0 Å². The molecule has 124 valence electrons. The highest BCUT2D eigenvalue weighted by molar-refractivity contribution is 5.83. The molecule has 0 spiro atoms. The van der Waals surface area contributed by atoms with Crippen molar-refractivity contribution >= 4 is 12.4 Å². The van der Waals surface area contributed by atoms with Gasteiger partial charge < -0.3 is 10.2 Å². The van der Waals surface area contributed by atoms with Gasteiger partial charge in [-0.25, -0.2) is 0 Å². The number of phenolic OH excluding ortho intramolecular Hbond substituents is 2. The highest BCUT2D eigenvalue weighted by Crippen LogP contribution is 2.24. The topological polar surface area (TPSA) is 65.2 Å². The minimum Gasteiger partial charge on any atom is -0.507 e. The third-order valence-corrected chi connectivity index (χ3v) is 4.39. The van der Waals surface area contributed by atoms with E-state index in [1.807, 2.05) is 24.3 Å². The van der Waals surface area contributed by atoms with Crippen molar-refractivity contribution in [3.63, 3.8) is 0 Å². The lowest BCUT2D eigenvalue weighted by Gasteiger charge is -2.23. The molecular weight excluding hydrogens is 300 g/mol. The van der Waals surface area contributed by atoms with E-state index in [4.69, 9.17) is 0 Å². The van der Waals surface area contributed by atoms with E-state index >= 15 is 0 Å². The number of hydrogen-bond acceptors (Lipinski definition) is 4. The van der Waals surface area contributed by atoms with Crippen LogP contribution in [0.4, 0.5) is 0 Å². The predicted octanol–water partition coefficient (Wildman–Crippen LogP) is 3.95. The van der Waals surface area contributed by atoms with Crippen LogP contribution in [-0.2, 0) is 0 Å². The maximum Gasteiger partial charge on any atom is 0.124 e. The van der Waals surface area contributed by atoms with Crippen LogP contribution in [0, 0.1) is 0 Å². The molecular formula is C20H22N2O2. The van der Waals surface area contributed by atoms with Crippen molar-refractivity contribution in [3.05, 3.63) is 59.7 Å². The standard InChI is InChI=1S/C20H22N2O2/c23-19-7-3-1-5-15(19)13-21-17-9-11-18(12-10-17)22-14-16-6-2-4-8-20(16)24/h1-8,13-14,17-18,23-24H,9-12H2. The highest BCUT2D eigenvalue weighted by Gasteiger charge is 2.19. The van der Waals surface area contributed by atoms with Crippen LogP contribution in [0.2, 0.25) is 0 Å². The molecule has 2 N–H and O–H groups in total. The van der Waals surface area contributed by atoms with Gasteiger partial charge in [0.2, 0.25) is 0 Å². The van der Waals surface area contributed by atoms with Crippen LogP contribution < -0.4 is 0 Å². The summed E-state index contributed by atoms with van der Waals surface area (Å²) in [6, 6.07) is 15.1. The van der Waals surface area contributed by atoms with E-state index in [0.717, 1.165) is 36.8 Å². The van der Waals surface area contributed by atoms with Gasteiger partial charge in [-0.3, -0.25) is 9.98 Å². The summed E-state index contributed by atoms with van der Waals surface area (Å²) in [5, 5.41) is 19.5. The maximum atomic E-state index is 9.75. The molecule has 0 aromatic heterocycles. The first-order valence-corrected chi connectivity index (χ1v) is 8.35. The molecule has 2 aromatic carbocycles. The summed E-state index contributed by atoms with van der Waals surface area (Å²) in [7, 11) is 0. The van der Waals surface area contributed by atoms with E-state index in [9.17, 15) is 10.2 Å². The fraction of sp³-hybridized carbons (Fsp3) is 0.300. The molecule has 0 bridgehead atoms. The lowest BCUT2D eigenvalue weighted by Crippen LogP contribution is -2.20. The number of phenols is 2. The number of para-hydroxylation sites is 2. The predicted molar refractivity (Wildman–Crippen MR) is 97.4 cm³/mol. The van der Waals surface area contributed by atoms with Gasteiger partial charge in [0.15, 0.2) is 0 Å². The Bertz CT molecular complexity index is 668. The zero-order chi connectivity index (χ0) is 16.8. The normalized spacial score (nSPS) is 21.5. The second-order valence-electron chi connectivity index (χ2n) is 6.14. The number of rotatable bonds is 4. The molecule has 4 heteroatoms. The van der Waals surface area contributed by atoms with E-state index in [1.165, 1.54) is 0 Å². The molecule has 0 amide bonds. The van der Waals surface area contributed by atoms with Crippen LogP contribution in [0.5, 0.6) is 11.5 Å². The van der Waals surface area contributed by atoms with Crippen molar-refractivity contribution < 1.29 is 10.2 Å². The second kappa shape index (κ2) is 7.77. The first-order chi connectivity index (χ1) is 11.7. The largest absolute Gasteiger partial charge is 0.507 e. The smallest absolute Gasteiger partial charge is 0.124 e. The van der Waals surface area contributed by atoms with Crippen molar-refractivity contribution in [3.8, 4) is 11.5 Å². The lowest BCUT2D eigenvalue weighted by atomic mass is 9.92. The monoisotopic (exact) mass is 322 g/mol.